The van der Waals surface area contributed by atoms with Crippen LogP contribution in [-0.4, -0.2) is 56.7 Å². The fourth-order valence-electron chi connectivity index (χ4n) is 4.75. The van der Waals surface area contributed by atoms with Crippen molar-refractivity contribution in [1.29, 1.82) is 0 Å². The first-order valence-corrected chi connectivity index (χ1v) is 12.9. The number of amides is 1. The molecule has 0 unspecified atom stereocenters. The molecular weight excluding hydrogens is 472 g/mol. The second-order valence-electron chi connectivity index (χ2n) is 9.73. The fraction of sp³-hybridized carbons (Fsp3) is 0.357. The van der Waals surface area contributed by atoms with E-state index in [1.807, 2.05) is 46.8 Å². The molecule has 0 aliphatic carbocycles. The molecule has 0 N–H and O–H groups in total. The Hall–Kier alpha value is -3.45. The van der Waals surface area contributed by atoms with Crippen LogP contribution in [0.25, 0.3) is 16.7 Å². The van der Waals surface area contributed by atoms with Gasteiger partial charge in [0.2, 0.25) is 0 Å². The molecule has 2 aromatic carbocycles. The van der Waals surface area contributed by atoms with Gasteiger partial charge in [-0.25, -0.2) is 14.6 Å². The summed E-state index contributed by atoms with van der Waals surface area (Å²) in [7, 11) is 0. The average molecular weight is 503 g/mol. The second kappa shape index (κ2) is 10.3. The molecular formula is C28H31ClN6O. The summed E-state index contributed by atoms with van der Waals surface area (Å²) in [6, 6.07) is 17.2. The Morgan fingerprint density at radius 3 is 2.44 bits per heavy atom. The van der Waals surface area contributed by atoms with Crippen molar-refractivity contribution in [3.8, 4) is 5.69 Å². The Labute approximate surface area is 216 Å². The number of para-hydroxylation sites is 1. The van der Waals surface area contributed by atoms with Gasteiger partial charge in [0.25, 0.3) is 5.91 Å². The summed E-state index contributed by atoms with van der Waals surface area (Å²) in [5.41, 5.74) is 3.37. The van der Waals surface area contributed by atoms with E-state index in [-0.39, 0.29) is 5.91 Å². The smallest absolute Gasteiger partial charge is 0.253 e. The van der Waals surface area contributed by atoms with Gasteiger partial charge in [-0.3, -0.25) is 4.79 Å². The van der Waals surface area contributed by atoms with Crippen LogP contribution in [0.3, 0.4) is 0 Å². The van der Waals surface area contributed by atoms with Crippen LogP contribution in [0.1, 0.15) is 42.1 Å². The van der Waals surface area contributed by atoms with Crippen molar-refractivity contribution < 1.29 is 4.79 Å². The zero-order chi connectivity index (χ0) is 25.2. The van der Waals surface area contributed by atoms with Crippen LogP contribution in [0.4, 0.5) is 5.82 Å². The van der Waals surface area contributed by atoms with Crippen LogP contribution >= 0.6 is 11.6 Å². The van der Waals surface area contributed by atoms with Gasteiger partial charge >= 0.3 is 0 Å². The molecule has 1 amide bonds. The highest BCUT2D eigenvalue weighted by Gasteiger charge is 2.25. The van der Waals surface area contributed by atoms with E-state index in [2.05, 4.69) is 18.7 Å². The molecule has 186 valence electrons. The highest BCUT2D eigenvalue weighted by atomic mass is 35.5. The standard InChI is InChI=1S/C28H31ClN6O/c1-19(2)18-24-30-26(25-20(3)32-35(27(25)31-24)23-8-5-4-6-9-23)33-14-7-15-34(17-16-33)28(36)21-10-12-22(29)13-11-21/h4-6,8-13,19H,7,14-18H2,1-3H3. The van der Waals surface area contributed by atoms with Gasteiger partial charge in [-0.1, -0.05) is 43.6 Å². The van der Waals surface area contributed by atoms with Crippen LogP contribution < -0.4 is 4.90 Å². The van der Waals surface area contributed by atoms with Crippen molar-refractivity contribution in [3.05, 3.63) is 76.7 Å². The van der Waals surface area contributed by atoms with Crippen LogP contribution in [0.5, 0.6) is 0 Å². The maximum atomic E-state index is 13.1. The van der Waals surface area contributed by atoms with Crippen LogP contribution in [-0.2, 0) is 6.42 Å². The summed E-state index contributed by atoms with van der Waals surface area (Å²) in [6.45, 7) is 9.21. The molecule has 1 aliphatic rings. The minimum Gasteiger partial charge on any atom is -0.354 e. The van der Waals surface area contributed by atoms with Gasteiger partial charge in [-0.2, -0.15) is 5.10 Å². The van der Waals surface area contributed by atoms with E-state index in [4.69, 9.17) is 26.7 Å². The number of hydrogen-bond donors (Lipinski definition) is 0. The first-order chi connectivity index (χ1) is 17.4. The molecule has 0 saturated carbocycles. The lowest BCUT2D eigenvalue weighted by Crippen LogP contribution is -2.35. The third kappa shape index (κ3) is 4.93. The Balaban J connectivity index is 1.50. The summed E-state index contributed by atoms with van der Waals surface area (Å²) in [5, 5.41) is 6.47. The highest BCUT2D eigenvalue weighted by molar-refractivity contribution is 6.30. The zero-order valence-corrected chi connectivity index (χ0v) is 21.7. The van der Waals surface area contributed by atoms with Gasteiger partial charge in [0.1, 0.15) is 11.6 Å². The van der Waals surface area contributed by atoms with Gasteiger partial charge in [0.15, 0.2) is 5.65 Å². The number of carbonyl (C=O) groups excluding carboxylic acids is 1. The number of hydrogen-bond acceptors (Lipinski definition) is 5. The number of fused-ring (bicyclic) bond motifs is 1. The van der Waals surface area contributed by atoms with Crippen LogP contribution in [0.2, 0.25) is 5.02 Å². The Morgan fingerprint density at radius 1 is 0.972 bits per heavy atom. The molecule has 2 aromatic heterocycles. The van der Waals surface area contributed by atoms with Crippen molar-refractivity contribution in [2.45, 2.75) is 33.6 Å². The number of aryl methyl sites for hydroxylation is 1. The zero-order valence-electron chi connectivity index (χ0n) is 21.0. The Morgan fingerprint density at radius 2 is 1.72 bits per heavy atom. The molecule has 0 bridgehead atoms. The molecule has 1 saturated heterocycles. The van der Waals surface area contributed by atoms with Gasteiger partial charge in [-0.15, -0.1) is 0 Å². The molecule has 0 radical (unpaired) electrons. The highest BCUT2D eigenvalue weighted by Crippen LogP contribution is 2.30. The summed E-state index contributed by atoms with van der Waals surface area (Å²) < 4.78 is 1.92. The maximum absolute atomic E-state index is 13.1. The number of anilines is 1. The predicted molar refractivity (Wildman–Crippen MR) is 144 cm³/mol. The Bertz CT molecular complexity index is 1370. The molecule has 1 aliphatic heterocycles. The second-order valence-corrected chi connectivity index (χ2v) is 10.2. The van der Waals surface area contributed by atoms with Crippen molar-refractivity contribution in [3.63, 3.8) is 0 Å². The predicted octanol–water partition coefficient (Wildman–Crippen LogP) is 5.33. The van der Waals surface area contributed by atoms with E-state index in [0.29, 0.717) is 36.1 Å². The molecule has 0 atom stereocenters. The quantitative estimate of drug-likeness (QED) is 0.369. The summed E-state index contributed by atoms with van der Waals surface area (Å²) in [5.74, 6) is 2.20. The van der Waals surface area contributed by atoms with Crippen LogP contribution in [0.15, 0.2) is 54.6 Å². The van der Waals surface area contributed by atoms with Crippen molar-refractivity contribution in [2.24, 2.45) is 5.92 Å². The molecule has 5 rings (SSSR count). The van der Waals surface area contributed by atoms with Crippen molar-refractivity contribution in [2.75, 3.05) is 31.1 Å². The third-order valence-corrected chi connectivity index (χ3v) is 6.75. The number of nitrogens with zero attached hydrogens (tertiary/aromatic N) is 6. The van der Waals surface area contributed by atoms with Gasteiger partial charge in [0, 0.05) is 43.2 Å². The van der Waals surface area contributed by atoms with Crippen molar-refractivity contribution >= 4 is 34.4 Å². The molecule has 0 spiro atoms. The molecule has 7 nitrogen and oxygen atoms in total. The number of rotatable bonds is 5. The number of halogens is 1. The normalized spacial score (nSPS) is 14.5. The number of benzene rings is 2. The summed E-state index contributed by atoms with van der Waals surface area (Å²) in [6.07, 6.45) is 1.65. The van der Waals surface area contributed by atoms with E-state index in [9.17, 15) is 4.79 Å². The van der Waals surface area contributed by atoms with E-state index in [1.165, 1.54) is 0 Å². The topological polar surface area (TPSA) is 67.2 Å². The number of aromatic nitrogens is 4. The first kappa shape index (κ1) is 24.3. The van der Waals surface area contributed by atoms with Crippen LogP contribution in [0, 0.1) is 12.8 Å². The van der Waals surface area contributed by atoms with E-state index >= 15 is 0 Å². The molecule has 36 heavy (non-hydrogen) atoms. The number of carbonyl (C=O) groups is 1. The van der Waals surface area contributed by atoms with Gasteiger partial charge < -0.3 is 9.80 Å². The molecule has 8 heteroatoms. The van der Waals surface area contributed by atoms with Gasteiger partial charge in [0.05, 0.1) is 16.8 Å². The van der Waals surface area contributed by atoms with Crippen molar-refractivity contribution in [1.82, 2.24) is 24.6 Å². The summed E-state index contributed by atoms with van der Waals surface area (Å²) >= 11 is 6.01. The third-order valence-electron chi connectivity index (χ3n) is 6.49. The van der Waals surface area contributed by atoms with E-state index < -0.39 is 0 Å². The maximum Gasteiger partial charge on any atom is 0.253 e. The molecule has 4 aromatic rings. The SMILES string of the molecule is Cc1nn(-c2ccccc2)c2nc(CC(C)C)nc(N3CCCN(C(=O)c4ccc(Cl)cc4)CC3)c12. The lowest BCUT2D eigenvalue weighted by atomic mass is 10.1. The lowest BCUT2D eigenvalue weighted by molar-refractivity contribution is 0.0767. The Kier molecular flexibility index (Phi) is 6.92. The fourth-order valence-corrected chi connectivity index (χ4v) is 4.87. The first-order valence-electron chi connectivity index (χ1n) is 12.5. The summed E-state index contributed by atoms with van der Waals surface area (Å²) in [4.78, 5) is 27.4. The lowest BCUT2D eigenvalue weighted by Gasteiger charge is -2.24. The molecule has 1 fully saturated rings. The van der Waals surface area contributed by atoms with E-state index in [1.54, 1.807) is 24.3 Å². The monoisotopic (exact) mass is 502 g/mol. The molecule has 3 heterocycles. The van der Waals surface area contributed by atoms with E-state index in [0.717, 1.165) is 53.4 Å². The largest absolute Gasteiger partial charge is 0.354 e. The minimum absolute atomic E-state index is 0.0370. The average Bonchev–Trinajstić information content (AvgIpc) is 3.04. The van der Waals surface area contributed by atoms with Gasteiger partial charge in [-0.05, 0) is 55.7 Å². The minimum atomic E-state index is 0.0370.